The number of aryl methyl sites for hydroxylation is 1. The predicted molar refractivity (Wildman–Crippen MR) is 107 cm³/mol. The first-order valence-electron chi connectivity index (χ1n) is 8.91. The van der Waals surface area contributed by atoms with Crippen LogP contribution in [0.3, 0.4) is 0 Å². The number of benzene rings is 2. The molecular formula is C21H22N2O5. The lowest BCUT2D eigenvalue weighted by atomic mass is 10.1. The van der Waals surface area contributed by atoms with Crippen LogP contribution in [0.15, 0.2) is 51.7 Å². The summed E-state index contributed by atoms with van der Waals surface area (Å²) in [7, 11) is 1.55. The summed E-state index contributed by atoms with van der Waals surface area (Å²) >= 11 is 0. The molecule has 0 saturated carbocycles. The van der Waals surface area contributed by atoms with E-state index in [0.29, 0.717) is 34.4 Å². The number of fused-ring (bicyclic) bond motifs is 1. The van der Waals surface area contributed by atoms with Crippen LogP contribution >= 0.6 is 0 Å². The highest BCUT2D eigenvalue weighted by Gasteiger charge is 2.17. The van der Waals surface area contributed by atoms with Crippen LogP contribution in [0.2, 0.25) is 0 Å². The summed E-state index contributed by atoms with van der Waals surface area (Å²) in [4.78, 5) is 25.0. The van der Waals surface area contributed by atoms with Crippen LogP contribution in [-0.4, -0.2) is 24.7 Å². The molecule has 0 aliphatic heterocycles. The Hall–Kier alpha value is -3.16. The van der Waals surface area contributed by atoms with Crippen molar-refractivity contribution in [2.45, 2.75) is 19.4 Å². The first kappa shape index (κ1) is 19.6. The number of nitrogens with one attached hydrogen (secondary N) is 1. The molecule has 0 aliphatic carbocycles. The molecule has 0 radical (unpaired) electrons. The Morgan fingerprint density at radius 1 is 1.25 bits per heavy atom. The van der Waals surface area contributed by atoms with Gasteiger partial charge in [-0.25, -0.2) is 4.79 Å². The SMILES string of the molecule is CCc1c(OC)ccc2cc(C(=O)Nc3ccc(C(O)CN)cc3)c(=O)oc12. The van der Waals surface area contributed by atoms with Crippen molar-refractivity contribution in [3.05, 3.63) is 69.6 Å². The van der Waals surface area contributed by atoms with Crippen molar-refractivity contribution in [2.24, 2.45) is 5.73 Å². The Bertz CT molecular complexity index is 1060. The van der Waals surface area contributed by atoms with Crippen molar-refractivity contribution in [3.8, 4) is 5.75 Å². The zero-order chi connectivity index (χ0) is 20.3. The first-order valence-corrected chi connectivity index (χ1v) is 8.91. The third-order valence-electron chi connectivity index (χ3n) is 4.56. The van der Waals surface area contributed by atoms with Crippen LogP contribution in [0.5, 0.6) is 5.75 Å². The number of carbonyl (C=O) groups excluding carboxylic acids is 1. The van der Waals surface area contributed by atoms with E-state index in [1.54, 1.807) is 43.5 Å². The van der Waals surface area contributed by atoms with Gasteiger partial charge in [-0.2, -0.15) is 0 Å². The van der Waals surface area contributed by atoms with E-state index in [2.05, 4.69) is 5.32 Å². The fourth-order valence-corrected chi connectivity index (χ4v) is 3.03. The van der Waals surface area contributed by atoms with Crippen molar-refractivity contribution in [3.63, 3.8) is 0 Å². The molecule has 28 heavy (non-hydrogen) atoms. The van der Waals surface area contributed by atoms with Crippen molar-refractivity contribution in [1.82, 2.24) is 0 Å². The lowest BCUT2D eigenvalue weighted by Crippen LogP contribution is -2.21. The maximum Gasteiger partial charge on any atom is 0.349 e. The topological polar surface area (TPSA) is 115 Å². The quantitative estimate of drug-likeness (QED) is 0.565. The summed E-state index contributed by atoms with van der Waals surface area (Å²) in [5.41, 5.74) is 6.94. The molecule has 4 N–H and O–H groups in total. The zero-order valence-corrected chi connectivity index (χ0v) is 15.7. The minimum Gasteiger partial charge on any atom is -0.496 e. The molecular weight excluding hydrogens is 360 g/mol. The summed E-state index contributed by atoms with van der Waals surface area (Å²) in [6.45, 7) is 2.04. The van der Waals surface area contributed by atoms with Gasteiger partial charge in [0, 0.05) is 23.2 Å². The van der Waals surface area contributed by atoms with E-state index in [0.717, 1.165) is 5.56 Å². The predicted octanol–water partition coefficient (Wildman–Crippen LogP) is 2.61. The molecule has 1 amide bonds. The smallest absolute Gasteiger partial charge is 0.349 e. The van der Waals surface area contributed by atoms with Gasteiger partial charge in [-0.3, -0.25) is 4.79 Å². The highest BCUT2D eigenvalue weighted by molar-refractivity contribution is 6.05. The van der Waals surface area contributed by atoms with Gasteiger partial charge in [-0.15, -0.1) is 0 Å². The number of aliphatic hydroxyl groups excluding tert-OH is 1. The molecule has 0 aliphatic rings. The maximum absolute atomic E-state index is 12.6. The number of anilines is 1. The highest BCUT2D eigenvalue weighted by atomic mass is 16.5. The number of hydrogen-bond acceptors (Lipinski definition) is 6. The van der Waals surface area contributed by atoms with E-state index < -0.39 is 17.6 Å². The fourth-order valence-electron chi connectivity index (χ4n) is 3.03. The van der Waals surface area contributed by atoms with Gasteiger partial charge in [-0.1, -0.05) is 19.1 Å². The molecule has 1 aromatic heterocycles. The van der Waals surface area contributed by atoms with Crippen LogP contribution in [0, 0.1) is 0 Å². The fraction of sp³-hybridized carbons (Fsp3) is 0.238. The molecule has 0 spiro atoms. The molecule has 2 aromatic carbocycles. The van der Waals surface area contributed by atoms with Crippen molar-refractivity contribution < 1.29 is 19.1 Å². The van der Waals surface area contributed by atoms with Crippen LogP contribution in [0.4, 0.5) is 5.69 Å². The Balaban J connectivity index is 1.91. The Morgan fingerprint density at radius 2 is 1.96 bits per heavy atom. The van der Waals surface area contributed by atoms with Gasteiger partial charge in [0.05, 0.1) is 13.2 Å². The number of rotatable bonds is 6. The van der Waals surface area contributed by atoms with Crippen LogP contribution < -0.4 is 21.4 Å². The molecule has 3 rings (SSSR count). The number of nitrogens with two attached hydrogens (primary N) is 1. The van der Waals surface area contributed by atoms with Crippen molar-refractivity contribution in [1.29, 1.82) is 0 Å². The molecule has 3 aromatic rings. The van der Waals surface area contributed by atoms with Gasteiger partial charge in [-0.05, 0) is 42.3 Å². The maximum atomic E-state index is 12.6. The third-order valence-corrected chi connectivity index (χ3v) is 4.56. The summed E-state index contributed by atoms with van der Waals surface area (Å²) in [5, 5.41) is 13.0. The first-order chi connectivity index (χ1) is 13.5. The molecule has 0 saturated heterocycles. The number of aliphatic hydroxyl groups is 1. The molecule has 0 fully saturated rings. The Morgan fingerprint density at radius 3 is 2.57 bits per heavy atom. The number of carbonyl (C=O) groups is 1. The van der Waals surface area contributed by atoms with Crippen LogP contribution in [0.25, 0.3) is 11.0 Å². The van der Waals surface area contributed by atoms with Gasteiger partial charge in [0.25, 0.3) is 5.91 Å². The minimum absolute atomic E-state index is 0.0919. The molecule has 7 nitrogen and oxygen atoms in total. The molecule has 146 valence electrons. The molecule has 1 atom stereocenters. The molecule has 0 bridgehead atoms. The second-order valence-electron chi connectivity index (χ2n) is 6.29. The van der Waals surface area contributed by atoms with Crippen LogP contribution in [-0.2, 0) is 6.42 Å². The van der Waals surface area contributed by atoms with Gasteiger partial charge in [0.15, 0.2) is 0 Å². The van der Waals surface area contributed by atoms with Gasteiger partial charge >= 0.3 is 5.63 Å². The van der Waals surface area contributed by atoms with Crippen molar-refractivity contribution >= 4 is 22.6 Å². The standard InChI is InChI=1S/C21H22N2O5/c1-3-15-18(27-2)9-6-13-10-16(21(26)28-19(13)15)20(25)23-14-7-4-12(5-8-14)17(24)11-22/h4-10,17,24H,3,11,22H2,1-2H3,(H,23,25). The molecule has 1 unspecified atom stereocenters. The normalized spacial score (nSPS) is 12.0. The number of amides is 1. The zero-order valence-electron chi connectivity index (χ0n) is 15.7. The summed E-state index contributed by atoms with van der Waals surface area (Å²) in [6.07, 6.45) is -0.141. The van der Waals surface area contributed by atoms with E-state index in [-0.39, 0.29) is 12.1 Å². The second kappa shape index (κ2) is 8.24. The van der Waals surface area contributed by atoms with E-state index in [1.807, 2.05) is 6.92 Å². The summed E-state index contributed by atoms with van der Waals surface area (Å²) in [6, 6.07) is 11.6. The van der Waals surface area contributed by atoms with E-state index in [9.17, 15) is 14.7 Å². The van der Waals surface area contributed by atoms with Gasteiger partial charge in [0.2, 0.25) is 0 Å². The summed E-state index contributed by atoms with van der Waals surface area (Å²) < 4.78 is 10.7. The monoisotopic (exact) mass is 382 g/mol. The second-order valence-corrected chi connectivity index (χ2v) is 6.29. The molecule has 7 heteroatoms. The van der Waals surface area contributed by atoms with E-state index >= 15 is 0 Å². The average molecular weight is 382 g/mol. The average Bonchev–Trinajstić information content (AvgIpc) is 2.72. The minimum atomic E-state index is -0.762. The number of ether oxygens (including phenoxy) is 1. The van der Waals surface area contributed by atoms with E-state index in [1.165, 1.54) is 6.07 Å². The largest absolute Gasteiger partial charge is 0.496 e. The lowest BCUT2D eigenvalue weighted by molar-refractivity contribution is 0.102. The van der Waals surface area contributed by atoms with Crippen molar-refractivity contribution in [2.75, 3.05) is 19.0 Å². The highest BCUT2D eigenvalue weighted by Crippen LogP contribution is 2.28. The Kier molecular flexibility index (Phi) is 5.77. The van der Waals surface area contributed by atoms with Crippen LogP contribution in [0.1, 0.15) is 34.5 Å². The Labute approximate surface area is 161 Å². The van der Waals surface area contributed by atoms with Gasteiger partial charge in [0.1, 0.15) is 16.9 Å². The summed E-state index contributed by atoms with van der Waals surface area (Å²) in [5.74, 6) is 0.0618. The number of hydrogen-bond donors (Lipinski definition) is 3. The lowest BCUT2D eigenvalue weighted by Gasteiger charge is -2.11. The number of methoxy groups -OCH3 is 1. The van der Waals surface area contributed by atoms with E-state index in [4.69, 9.17) is 14.9 Å². The van der Waals surface area contributed by atoms with Gasteiger partial charge < -0.3 is 25.3 Å². The third kappa shape index (κ3) is 3.76. The molecule has 1 heterocycles.